The van der Waals surface area contributed by atoms with Crippen LogP contribution in [0.5, 0.6) is 5.75 Å². The smallest absolute Gasteiger partial charge is 0.305 e. The Bertz CT molecular complexity index is 1260. The number of nitrogens with zero attached hydrogens (tertiary/aromatic N) is 4. The van der Waals surface area contributed by atoms with Crippen LogP contribution in [0.25, 0.3) is 22.5 Å². The maximum atomic E-state index is 11.1. The van der Waals surface area contributed by atoms with E-state index >= 15 is 0 Å². The first kappa shape index (κ1) is 23.3. The molecule has 178 valence electrons. The monoisotopic (exact) mass is 463 g/mol. The van der Waals surface area contributed by atoms with E-state index in [0.717, 1.165) is 48.1 Å². The molecule has 3 heterocycles. The molecule has 0 saturated carbocycles. The summed E-state index contributed by atoms with van der Waals surface area (Å²) >= 11 is 0. The van der Waals surface area contributed by atoms with Gasteiger partial charge >= 0.3 is 5.97 Å². The molecule has 0 unspecified atom stereocenters. The summed E-state index contributed by atoms with van der Waals surface area (Å²) in [7, 11) is 1.42. The van der Waals surface area contributed by atoms with Crippen LogP contribution >= 0.6 is 0 Å². The number of nitrogens with two attached hydrogens (primary N) is 1. The summed E-state index contributed by atoms with van der Waals surface area (Å²) in [4.78, 5) is 19.9. The van der Waals surface area contributed by atoms with E-state index in [1.165, 1.54) is 7.11 Å². The van der Waals surface area contributed by atoms with E-state index in [2.05, 4.69) is 19.8 Å². The third-order valence-corrected chi connectivity index (χ3v) is 5.49. The molecule has 0 radical (unpaired) electrons. The van der Waals surface area contributed by atoms with Gasteiger partial charge in [-0.1, -0.05) is 25.0 Å². The molecule has 0 spiro atoms. The second-order valence-corrected chi connectivity index (χ2v) is 8.12. The van der Waals surface area contributed by atoms with E-state index in [-0.39, 0.29) is 11.9 Å². The number of esters is 1. The fourth-order valence-electron chi connectivity index (χ4n) is 3.76. The van der Waals surface area contributed by atoms with Gasteiger partial charge in [-0.3, -0.25) is 4.79 Å². The first-order chi connectivity index (χ1) is 16.5. The van der Waals surface area contributed by atoms with Crippen LogP contribution in [-0.2, 0) is 16.1 Å². The van der Waals surface area contributed by atoms with E-state index in [9.17, 15) is 4.79 Å². The SMILES string of the molecule is COC(=O)CCCCCCOc1cccc(Cn2ncc3c(-c4ccc(C)o4)nc(N)nc32)c1. The molecular formula is C25H29N5O4. The highest BCUT2D eigenvalue weighted by Crippen LogP contribution is 2.28. The molecule has 0 bridgehead atoms. The van der Waals surface area contributed by atoms with E-state index in [1.54, 1.807) is 10.9 Å². The molecule has 0 fully saturated rings. The second kappa shape index (κ2) is 10.8. The third-order valence-electron chi connectivity index (χ3n) is 5.49. The molecule has 0 atom stereocenters. The fraction of sp³-hybridized carbons (Fsp3) is 0.360. The number of unbranched alkanes of at least 4 members (excludes halogenated alkanes) is 3. The Labute approximate surface area is 197 Å². The molecule has 4 rings (SSSR count). The largest absolute Gasteiger partial charge is 0.494 e. The van der Waals surface area contributed by atoms with E-state index < -0.39 is 0 Å². The highest BCUT2D eigenvalue weighted by molar-refractivity contribution is 5.89. The number of carbonyl (C=O) groups excluding carboxylic acids is 1. The number of anilines is 1. The molecule has 1 aromatic carbocycles. The molecule has 4 aromatic rings. The van der Waals surface area contributed by atoms with Gasteiger partial charge in [-0.05, 0) is 49.6 Å². The van der Waals surface area contributed by atoms with E-state index in [1.807, 2.05) is 43.3 Å². The zero-order valence-corrected chi connectivity index (χ0v) is 19.5. The number of benzene rings is 1. The van der Waals surface area contributed by atoms with Gasteiger partial charge in [0.1, 0.15) is 17.2 Å². The van der Waals surface area contributed by atoms with Gasteiger partial charge in [0.15, 0.2) is 11.4 Å². The zero-order chi connectivity index (χ0) is 23.9. The normalized spacial score (nSPS) is 11.1. The van der Waals surface area contributed by atoms with Gasteiger partial charge in [-0.15, -0.1) is 0 Å². The van der Waals surface area contributed by atoms with Crippen molar-refractivity contribution in [1.29, 1.82) is 0 Å². The highest BCUT2D eigenvalue weighted by Gasteiger charge is 2.16. The molecule has 0 aliphatic heterocycles. The average molecular weight is 464 g/mol. The van der Waals surface area contributed by atoms with Gasteiger partial charge in [0, 0.05) is 6.42 Å². The van der Waals surface area contributed by atoms with Gasteiger partial charge in [0.2, 0.25) is 5.95 Å². The van der Waals surface area contributed by atoms with Crippen LogP contribution in [-0.4, -0.2) is 39.4 Å². The first-order valence-electron chi connectivity index (χ1n) is 11.4. The topological polar surface area (TPSA) is 118 Å². The summed E-state index contributed by atoms with van der Waals surface area (Å²) in [6.07, 6.45) is 5.98. The van der Waals surface area contributed by atoms with Crippen LogP contribution in [0, 0.1) is 6.92 Å². The minimum Gasteiger partial charge on any atom is -0.494 e. The summed E-state index contributed by atoms with van der Waals surface area (Å²) in [5.74, 6) is 2.26. The maximum absolute atomic E-state index is 11.1. The van der Waals surface area contributed by atoms with Gasteiger partial charge in [0.05, 0.1) is 31.8 Å². The summed E-state index contributed by atoms with van der Waals surface area (Å²) in [6.45, 7) is 3.03. The number of methoxy groups -OCH3 is 1. The van der Waals surface area contributed by atoms with Crippen LogP contribution in [0.2, 0.25) is 0 Å². The van der Waals surface area contributed by atoms with Crippen molar-refractivity contribution in [2.24, 2.45) is 0 Å². The molecular weight excluding hydrogens is 434 g/mol. The Hall–Kier alpha value is -3.88. The lowest BCUT2D eigenvalue weighted by Crippen LogP contribution is -2.05. The van der Waals surface area contributed by atoms with Crippen molar-refractivity contribution in [1.82, 2.24) is 19.7 Å². The lowest BCUT2D eigenvalue weighted by atomic mass is 10.1. The lowest BCUT2D eigenvalue weighted by Gasteiger charge is -2.09. The van der Waals surface area contributed by atoms with Gasteiger partial charge < -0.3 is 19.6 Å². The third kappa shape index (κ3) is 5.72. The number of nitrogen functional groups attached to an aromatic ring is 1. The summed E-state index contributed by atoms with van der Waals surface area (Å²) in [5, 5.41) is 5.30. The van der Waals surface area contributed by atoms with Gasteiger partial charge in [0.25, 0.3) is 0 Å². The summed E-state index contributed by atoms with van der Waals surface area (Å²) in [6, 6.07) is 11.7. The zero-order valence-electron chi connectivity index (χ0n) is 19.5. The summed E-state index contributed by atoms with van der Waals surface area (Å²) < 4.78 is 18.1. The predicted octanol–water partition coefficient (Wildman–Crippen LogP) is 4.53. The number of ether oxygens (including phenoxy) is 2. The Balaban J connectivity index is 1.38. The number of aryl methyl sites for hydroxylation is 1. The molecule has 34 heavy (non-hydrogen) atoms. The lowest BCUT2D eigenvalue weighted by molar-refractivity contribution is -0.140. The molecule has 9 heteroatoms. The van der Waals surface area contributed by atoms with Crippen LogP contribution in [0.1, 0.15) is 43.4 Å². The first-order valence-corrected chi connectivity index (χ1v) is 11.4. The number of hydrogen-bond acceptors (Lipinski definition) is 8. The van der Waals surface area contributed by atoms with Crippen LogP contribution < -0.4 is 10.5 Å². The number of rotatable bonds is 11. The Morgan fingerprint density at radius 3 is 2.76 bits per heavy atom. The molecule has 9 nitrogen and oxygen atoms in total. The Morgan fingerprint density at radius 2 is 1.97 bits per heavy atom. The number of fused-ring (bicyclic) bond motifs is 1. The van der Waals surface area contributed by atoms with Crippen molar-refractivity contribution in [3.8, 4) is 17.2 Å². The number of aromatic nitrogens is 4. The number of hydrogen-bond donors (Lipinski definition) is 1. The van der Waals surface area contributed by atoms with Crippen LogP contribution in [0.15, 0.2) is 47.0 Å². The maximum Gasteiger partial charge on any atom is 0.305 e. The van der Waals surface area contributed by atoms with Crippen LogP contribution in [0.4, 0.5) is 5.95 Å². The van der Waals surface area contributed by atoms with Crippen molar-refractivity contribution in [3.63, 3.8) is 0 Å². The van der Waals surface area contributed by atoms with Crippen molar-refractivity contribution in [2.75, 3.05) is 19.5 Å². The van der Waals surface area contributed by atoms with Gasteiger partial charge in [-0.2, -0.15) is 10.1 Å². The van der Waals surface area contributed by atoms with Crippen molar-refractivity contribution >= 4 is 23.0 Å². The molecule has 3 aromatic heterocycles. The predicted molar refractivity (Wildman–Crippen MR) is 128 cm³/mol. The van der Waals surface area contributed by atoms with E-state index in [4.69, 9.17) is 14.9 Å². The fourth-order valence-corrected chi connectivity index (χ4v) is 3.76. The molecule has 2 N–H and O–H groups in total. The quantitative estimate of drug-likeness (QED) is 0.255. The number of furan rings is 1. The standard InChI is InChI=1S/C25H29N5O4/c1-17-11-12-21(34-17)23-20-15-27-30(24(20)29-25(26)28-23)16-18-8-7-9-19(14-18)33-13-6-4-3-5-10-22(31)32-2/h7-9,11-12,14-15H,3-6,10,13,16H2,1-2H3,(H2,26,28,29). The molecule has 0 saturated heterocycles. The second-order valence-electron chi connectivity index (χ2n) is 8.12. The minimum absolute atomic E-state index is 0.153. The average Bonchev–Trinajstić information content (AvgIpc) is 3.44. The van der Waals surface area contributed by atoms with Crippen LogP contribution in [0.3, 0.4) is 0 Å². The summed E-state index contributed by atoms with van der Waals surface area (Å²) in [5.41, 5.74) is 8.30. The van der Waals surface area contributed by atoms with E-state index in [0.29, 0.717) is 36.7 Å². The molecule has 0 amide bonds. The Morgan fingerprint density at radius 1 is 1.12 bits per heavy atom. The molecule has 0 aliphatic carbocycles. The van der Waals surface area contributed by atoms with Gasteiger partial charge in [-0.25, -0.2) is 9.67 Å². The minimum atomic E-state index is -0.153. The van der Waals surface area contributed by atoms with Crippen molar-refractivity contribution < 1.29 is 18.7 Å². The number of carbonyl (C=O) groups is 1. The van der Waals surface area contributed by atoms with Crippen molar-refractivity contribution in [3.05, 3.63) is 53.9 Å². The van der Waals surface area contributed by atoms with Crippen molar-refractivity contribution in [2.45, 2.75) is 45.6 Å². The Kier molecular flexibility index (Phi) is 7.41. The highest BCUT2D eigenvalue weighted by atomic mass is 16.5. The molecule has 0 aliphatic rings.